The number of rotatable bonds is 5. The molecule has 1 amide bonds. The van der Waals surface area contributed by atoms with Crippen LogP contribution in [0.5, 0.6) is 0 Å². The summed E-state index contributed by atoms with van der Waals surface area (Å²) < 4.78 is 26.1. The first kappa shape index (κ1) is 16.1. The van der Waals surface area contributed by atoms with E-state index in [0.717, 1.165) is 17.7 Å². The van der Waals surface area contributed by atoms with Crippen LogP contribution in [-0.4, -0.2) is 5.91 Å². The van der Waals surface area contributed by atoms with Crippen LogP contribution in [0, 0.1) is 11.6 Å². The highest BCUT2D eigenvalue weighted by molar-refractivity contribution is 5.77. The fourth-order valence-corrected chi connectivity index (χ4v) is 2.19. The quantitative estimate of drug-likeness (QED) is 0.891. The molecule has 0 spiro atoms. The zero-order chi connectivity index (χ0) is 16.1. The molecule has 2 aromatic carbocycles. The van der Waals surface area contributed by atoms with Crippen molar-refractivity contribution in [1.29, 1.82) is 0 Å². The maximum absolute atomic E-state index is 13.2. The second-order valence-corrected chi connectivity index (χ2v) is 5.18. The van der Waals surface area contributed by atoms with Crippen LogP contribution >= 0.6 is 0 Å². The molecule has 2 rings (SSSR count). The van der Waals surface area contributed by atoms with E-state index in [9.17, 15) is 13.6 Å². The minimum Gasteiger partial charge on any atom is -0.350 e. The van der Waals surface area contributed by atoms with E-state index in [1.54, 1.807) is 0 Å². The second-order valence-electron chi connectivity index (χ2n) is 5.18. The van der Waals surface area contributed by atoms with Gasteiger partial charge in [-0.05, 0) is 30.2 Å². The molecule has 0 saturated heterocycles. The van der Waals surface area contributed by atoms with Crippen LogP contribution in [0.25, 0.3) is 0 Å². The van der Waals surface area contributed by atoms with Gasteiger partial charge in [0.25, 0.3) is 0 Å². The van der Waals surface area contributed by atoms with Crippen LogP contribution in [0.2, 0.25) is 0 Å². The average Bonchev–Trinajstić information content (AvgIpc) is 2.50. The fourth-order valence-electron chi connectivity index (χ4n) is 2.19. The van der Waals surface area contributed by atoms with E-state index >= 15 is 0 Å². The Morgan fingerprint density at radius 1 is 1.09 bits per heavy atom. The molecule has 2 atom stereocenters. The number of hydrogen-bond donors (Lipinski definition) is 2. The average molecular weight is 304 g/mol. The largest absolute Gasteiger partial charge is 0.350 e. The summed E-state index contributed by atoms with van der Waals surface area (Å²) >= 11 is 0. The highest BCUT2D eigenvalue weighted by Gasteiger charge is 2.15. The number of amides is 1. The van der Waals surface area contributed by atoms with Gasteiger partial charge in [0.2, 0.25) is 5.91 Å². The Bertz CT molecular complexity index is 646. The second kappa shape index (κ2) is 7.13. The van der Waals surface area contributed by atoms with Gasteiger partial charge in [0.05, 0.1) is 6.04 Å². The minimum absolute atomic E-state index is 0.00223. The first-order valence-electron chi connectivity index (χ1n) is 7.02. The van der Waals surface area contributed by atoms with Crippen molar-refractivity contribution in [3.63, 3.8) is 0 Å². The van der Waals surface area contributed by atoms with Gasteiger partial charge in [-0.2, -0.15) is 0 Å². The van der Waals surface area contributed by atoms with E-state index < -0.39 is 17.7 Å². The van der Waals surface area contributed by atoms with Crippen LogP contribution in [-0.2, 0) is 4.79 Å². The first-order chi connectivity index (χ1) is 10.5. The Balaban J connectivity index is 1.95. The molecule has 3 nitrogen and oxygen atoms in total. The van der Waals surface area contributed by atoms with Gasteiger partial charge in [-0.3, -0.25) is 4.79 Å². The molecule has 1 unspecified atom stereocenters. The summed E-state index contributed by atoms with van der Waals surface area (Å²) in [6.07, 6.45) is 0.00223. The molecule has 0 aliphatic rings. The van der Waals surface area contributed by atoms with Gasteiger partial charge in [0.1, 0.15) is 0 Å². The van der Waals surface area contributed by atoms with Gasteiger partial charge in [-0.15, -0.1) is 0 Å². The van der Waals surface area contributed by atoms with Crippen molar-refractivity contribution in [2.45, 2.75) is 25.4 Å². The number of carbonyl (C=O) groups is 1. The third-order valence-corrected chi connectivity index (χ3v) is 3.45. The molecule has 116 valence electrons. The molecule has 0 heterocycles. The topological polar surface area (TPSA) is 55.1 Å². The predicted molar refractivity (Wildman–Crippen MR) is 80.9 cm³/mol. The van der Waals surface area contributed by atoms with E-state index in [4.69, 9.17) is 5.73 Å². The monoisotopic (exact) mass is 304 g/mol. The highest BCUT2D eigenvalue weighted by Crippen LogP contribution is 2.18. The molecule has 0 aliphatic carbocycles. The lowest BCUT2D eigenvalue weighted by molar-refractivity contribution is -0.122. The normalized spacial score (nSPS) is 13.5. The van der Waals surface area contributed by atoms with E-state index in [1.807, 2.05) is 37.3 Å². The van der Waals surface area contributed by atoms with Crippen molar-refractivity contribution in [1.82, 2.24) is 5.32 Å². The minimum atomic E-state index is -0.967. The molecule has 3 N–H and O–H groups in total. The standard InChI is InChI=1S/C17H18F2N2O/c1-11(12-5-3-2-4-6-12)21-17(22)10-16(20)13-7-8-14(18)15(19)9-13/h2-9,11,16H,10,20H2,1H3,(H,21,22)/t11-,16?/m1/s1. The molecule has 0 aromatic heterocycles. The molecule has 0 bridgehead atoms. The first-order valence-corrected chi connectivity index (χ1v) is 7.02. The summed E-state index contributed by atoms with van der Waals surface area (Å²) in [4.78, 5) is 12.0. The summed E-state index contributed by atoms with van der Waals surface area (Å²) in [7, 11) is 0. The van der Waals surface area contributed by atoms with Crippen molar-refractivity contribution in [2.75, 3.05) is 0 Å². The lowest BCUT2D eigenvalue weighted by Gasteiger charge is -2.17. The zero-order valence-corrected chi connectivity index (χ0v) is 12.2. The lowest BCUT2D eigenvalue weighted by Crippen LogP contribution is -2.29. The van der Waals surface area contributed by atoms with E-state index in [0.29, 0.717) is 5.56 Å². The number of halogens is 2. The van der Waals surface area contributed by atoms with Crippen molar-refractivity contribution >= 4 is 5.91 Å². The fraction of sp³-hybridized carbons (Fsp3) is 0.235. The number of hydrogen-bond acceptors (Lipinski definition) is 2. The Hall–Kier alpha value is -2.27. The molecule has 0 aliphatic heterocycles. The van der Waals surface area contributed by atoms with Crippen molar-refractivity contribution in [3.05, 3.63) is 71.3 Å². The van der Waals surface area contributed by atoms with Crippen LogP contribution in [0.3, 0.4) is 0 Å². The zero-order valence-electron chi connectivity index (χ0n) is 12.2. The maximum atomic E-state index is 13.2. The molecular weight excluding hydrogens is 286 g/mol. The number of carbonyl (C=O) groups excluding carboxylic acids is 1. The smallest absolute Gasteiger partial charge is 0.222 e. The van der Waals surface area contributed by atoms with Crippen LogP contribution in [0.4, 0.5) is 8.78 Å². The molecule has 0 radical (unpaired) electrons. The number of benzene rings is 2. The maximum Gasteiger partial charge on any atom is 0.222 e. The molecule has 5 heteroatoms. The SMILES string of the molecule is C[C@@H](NC(=O)CC(N)c1ccc(F)c(F)c1)c1ccccc1. The van der Waals surface area contributed by atoms with Gasteiger partial charge in [-0.25, -0.2) is 8.78 Å². The van der Waals surface area contributed by atoms with Crippen molar-refractivity contribution < 1.29 is 13.6 Å². The summed E-state index contributed by atoms with van der Waals surface area (Å²) in [5.74, 6) is -2.14. The van der Waals surface area contributed by atoms with Gasteiger partial charge in [0.15, 0.2) is 11.6 Å². The Morgan fingerprint density at radius 3 is 2.41 bits per heavy atom. The molecular formula is C17H18F2N2O. The molecule has 2 aromatic rings. The third-order valence-electron chi connectivity index (χ3n) is 3.45. The molecule has 0 fully saturated rings. The summed E-state index contributed by atoms with van der Waals surface area (Å²) in [6.45, 7) is 1.87. The van der Waals surface area contributed by atoms with E-state index in [1.165, 1.54) is 6.07 Å². The van der Waals surface area contributed by atoms with Crippen LogP contribution in [0.15, 0.2) is 48.5 Å². The predicted octanol–water partition coefficient (Wildman–Crippen LogP) is 3.23. The Kier molecular flexibility index (Phi) is 5.22. The summed E-state index contributed by atoms with van der Waals surface area (Å²) in [6, 6.07) is 12.1. The lowest BCUT2D eigenvalue weighted by atomic mass is 10.0. The number of nitrogens with two attached hydrogens (primary N) is 1. The van der Waals surface area contributed by atoms with E-state index in [-0.39, 0.29) is 18.4 Å². The van der Waals surface area contributed by atoms with Crippen LogP contribution in [0.1, 0.15) is 36.6 Å². The number of nitrogens with one attached hydrogen (secondary N) is 1. The van der Waals surface area contributed by atoms with E-state index in [2.05, 4.69) is 5.32 Å². The van der Waals surface area contributed by atoms with Gasteiger partial charge < -0.3 is 11.1 Å². The highest BCUT2D eigenvalue weighted by atomic mass is 19.2. The summed E-state index contributed by atoms with van der Waals surface area (Å²) in [5.41, 5.74) is 7.25. The summed E-state index contributed by atoms with van der Waals surface area (Å²) in [5, 5.41) is 2.84. The van der Waals surface area contributed by atoms with Crippen molar-refractivity contribution in [2.24, 2.45) is 5.73 Å². The van der Waals surface area contributed by atoms with Gasteiger partial charge in [0, 0.05) is 12.5 Å². The molecule has 22 heavy (non-hydrogen) atoms. The Morgan fingerprint density at radius 2 is 1.77 bits per heavy atom. The van der Waals surface area contributed by atoms with Gasteiger partial charge in [-0.1, -0.05) is 36.4 Å². The Labute approximate surface area is 128 Å². The van der Waals surface area contributed by atoms with Gasteiger partial charge >= 0.3 is 0 Å². The molecule has 0 saturated carbocycles. The van der Waals surface area contributed by atoms with Crippen molar-refractivity contribution in [3.8, 4) is 0 Å². The third kappa shape index (κ3) is 4.11. The van der Waals surface area contributed by atoms with Crippen LogP contribution < -0.4 is 11.1 Å².